The monoisotopic (exact) mass is 275 g/mol. The number of hydrogen-bond donors (Lipinski definition) is 0. The molecule has 94 valence electrons. The second-order valence-electron chi connectivity index (χ2n) is 3.97. The summed E-state index contributed by atoms with van der Waals surface area (Å²) >= 11 is 0. The summed E-state index contributed by atoms with van der Waals surface area (Å²) in [6.45, 7) is 4.15. The molecule has 0 spiro atoms. The van der Waals surface area contributed by atoms with E-state index in [2.05, 4.69) is 4.90 Å². The molecular formula is C11H14ClNO3S. The zero-order chi connectivity index (χ0) is 12.3. The first-order valence-electron chi connectivity index (χ1n) is 5.39. The number of rotatable bonds is 3. The molecule has 1 aromatic carbocycles. The Labute approximate surface area is 106 Å². The summed E-state index contributed by atoms with van der Waals surface area (Å²) in [7, 11) is 1.63. The van der Waals surface area contributed by atoms with Crippen molar-refractivity contribution >= 4 is 19.7 Å². The van der Waals surface area contributed by atoms with Gasteiger partial charge in [-0.2, -0.15) is 0 Å². The zero-order valence-corrected chi connectivity index (χ0v) is 10.9. The van der Waals surface area contributed by atoms with Crippen LogP contribution in [0.15, 0.2) is 29.2 Å². The maximum Gasteiger partial charge on any atom is 0.261 e. The molecule has 0 aromatic heterocycles. The predicted octanol–water partition coefficient (Wildman–Crippen LogP) is 1.45. The molecule has 1 aromatic rings. The molecule has 0 N–H and O–H groups in total. The Balaban J connectivity index is 2.03. The molecule has 1 aliphatic heterocycles. The third-order valence-corrected chi connectivity index (χ3v) is 4.08. The molecule has 1 heterocycles. The maximum atomic E-state index is 11.1. The molecule has 1 fully saturated rings. The van der Waals surface area contributed by atoms with Crippen LogP contribution in [0.4, 0.5) is 0 Å². The van der Waals surface area contributed by atoms with Crippen LogP contribution in [0.25, 0.3) is 0 Å². The van der Waals surface area contributed by atoms with Gasteiger partial charge in [-0.3, -0.25) is 4.90 Å². The fraction of sp³-hybridized carbons (Fsp3) is 0.455. The lowest BCUT2D eigenvalue weighted by molar-refractivity contribution is 0.0342. The topological polar surface area (TPSA) is 46.6 Å². The van der Waals surface area contributed by atoms with Crippen LogP contribution < -0.4 is 0 Å². The van der Waals surface area contributed by atoms with E-state index in [0.29, 0.717) is 0 Å². The van der Waals surface area contributed by atoms with Gasteiger partial charge in [0.25, 0.3) is 9.05 Å². The molecule has 0 unspecified atom stereocenters. The van der Waals surface area contributed by atoms with Crippen molar-refractivity contribution in [3.8, 4) is 0 Å². The molecular weight excluding hydrogens is 262 g/mol. The van der Waals surface area contributed by atoms with Crippen molar-refractivity contribution in [2.75, 3.05) is 26.3 Å². The van der Waals surface area contributed by atoms with Gasteiger partial charge in [0.05, 0.1) is 18.1 Å². The van der Waals surface area contributed by atoms with E-state index in [0.717, 1.165) is 38.4 Å². The first-order valence-corrected chi connectivity index (χ1v) is 7.70. The number of hydrogen-bond acceptors (Lipinski definition) is 4. The van der Waals surface area contributed by atoms with Gasteiger partial charge in [-0.15, -0.1) is 0 Å². The third-order valence-electron chi connectivity index (χ3n) is 2.71. The fourth-order valence-electron chi connectivity index (χ4n) is 1.77. The molecule has 6 heteroatoms. The molecule has 2 rings (SSSR count). The molecule has 0 bridgehead atoms. The number of benzene rings is 1. The highest BCUT2D eigenvalue weighted by Gasteiger charge is 2.12. The summed E-state index contributed by atoms with van der Waals surface area (Å²) in [4.78, 5) is 2.41. The average Bonchev–Trinajstić information content (AvgIpc) is 2.30. The van der Waals surface area contributed by atoms with Gasteiger partial charge in [-0.25, -0.2) is 8.42 Å². The molecule has 4 nitrogen and oxygen atoms in total. The second kappa shape index (κ2) is 5.35. The Morgan fingerprint density at radius 1 is 1.18 bits per heavy atom. The van der Waals surface area contributed by atoms with Crippen LogP contribution in [0.2, 0.25) is 0 Å². The minimum atomic E-state index is -3.61. The van der Waals surface area contributed by atoms with Gasteiger partial charge in [-0.1, -0.05) is 12.1 Å². The van der Waals surface area contributed by atoms with Crippen LogP contribution in [-0.4, -0.2) is 39.6 Å². The van der Waals surface area contributed by atoms with Crippen molar-refractivity contribution in [2.24, 2.45) is 0 Å². The number of nitrogens with zero attached hydrogens (tertiary/aromatic N) is 1. The van der Waals surface area contributed by atoms with E-state index >= 15 is 0 Å². The van der Waals surface area contributed by atoms with E-state index in [-0.39, 0.29) is 4.90 Å². The first-order chi connectivity index (χ1) is 8.05. The van der Waals surface area contributed by atoms with Crippen LogP contribution in [0.5, 0.6) is 0 Å². The summed E-state index contributed by atoms with van der Waals surface area (Å²) in [5.74, 6) is 0. The Morgan fingerprint density at radius 2 is 1.76 bits per heavy atom. The number of halogens is 1. The Hall–Kier alpha value is -0.620. The summed E-state index contributed by atoms with van der Waals surface area (Å²) < 4.78 is 27.4. The zero-order valence-electron chi connectivity index (χ0n) is 9.30. The van der Waals surface area contributed by atoms with Crippen molar-refractivity contribution in [1.29, 1.82) is 0 Å². The average molecular weight is 276 g/mol. The highest BCUT2D eigenvalue weighted by Crippen LogP contribution is 2.16. The predicted molar refractivity (Wildman–Crippen MR) is 65.6 cm³/mol. The lowest BCUT2D eigenvalue weighted by Gasteiger charge is -2.26. The lowest BCUT2D eigenvalue weighted by Crippen LogP contribution is -2.35. The maximum absolute atomic E-state index is 11.1. The van der Waals surface area contributed by atoms with Crippen LogP contribution in [0.1, 0.15) is 5.56 Å². The van der Waals surface area contributed by atoms with Crippen molar-refractivity contribution in [2.45, 2.75) is 11.4 Å². The van der Waals surface area contributed by atoms with E-state index in [9.17, 15) is 8.42 Å². The fourth-order valence-corrected chi connectivity index (χ4v) is 2.54. The van der Waals surface area contributed by atoms with E-state index in [4.69, 9.17) is 15.4 Å². The molecule has 1 saturated heterocycles. The molecule has 0 aliphatic carbocycles. The lowest BCUT2D eigenvalue weighted by atomic mass is 10.2. The molecule has 0 amide bonds. The van der Waals surface area contributed by atoms with Crippen molar-refractivity contribution < 1.29 is 13.2 Å². The quantitative estimate of drug-likeness (QED) is 0.784. The second-order valence-corrected chi connectivity index (χ2v) is 6.54. The van der Waals surface area contributed by atoms with Gasteiger partial charge >= 0.3 is 0 Å². The minimum Gasteiger partial charge on any atom is -0.379 e. The molecule has 0 atom stereocenters. The molecule has 0 radical (unpaired) electrons. The van der Waals surface area contributed by atoms with Crippen LogP contribution >= 0.6 is 10.7 Å². The van der Waals surface area contributed by atoms with E-state index in [1.165, 1.54) is 12.1 Å². The minimum absolute atomic E-state index is 0.143. The Morgan fingerprint density at radius 3 is 2.29 bits per heavy atom. The normalized spacial score (nSPS) is 18.2. The van der Waals surface area contributed by atoms with Crippen LogP contribution in [-0.2, 0) is 20.3 Å². The van der Waals surface area contributed by atoms with E-state index in [1.807, 2.05) is 0 Å². The SMILES string of the molecule is O=S(=O)(Cl)c1ccc(CN2CCOCC2)cc1. The molecule has 1 aliphatic rings. The highest BCUT2D eigenvalue weighted by molar-refractivity contribution is 8.13. The Kier molecular flexibility index (Phi) is 4.04. The number of ether oxygens (including phenoxy) is 1. The first kappa shape index (κ1) is 12.8. The third kappa shape index (κ3) is 3.67. The van der Waals surface area contributed by atoms with E-state index in [1.54, 1.807) is 12.1 Å². The Bertz CT molecular complexity index is 466. The number of morpholine rings is 1. The van der Waals surface area contributed by atoms with Crippen LogP contribution in [0.3, 0.4) is 0 Å². The van der Waals surface area contributed by atoms with Gasteiger partial charge in [0.15, 0.2) is 0 Å². The largest absolute Gasteiger partial charge is 0.379 e. The summed E-state index contributed by atoms with van der Waals surface area (Å²) in [6, 6.07) is 6.67. The highest BCUT2D eigenvalue weighted by atomic mass is 35.7. The molecule has 0 saturated carbocycles. The standard InChI is InChI=1S/C11H14ClNO3S/c12-17(14,15)11-3-1-10(2-4-11)9-13-5-7-16-8-6-13/h1-4H,5-9H2. The summed E-state index contributed by atoms with van der Waals surface area (Å²) in [5, 5.41) is 0. The van der Waals surface area contributed by atoms with Gasteiger partial charge < -0.3 is 4.74 Å². The van der Waals surface area contributed by atoms with Gasteiger partial charge in [-0.05, 0) is 17.7 Å². The molecule has 17 heavy (non-hydrogen) atoms. The van der Waals surface area contributed by atoms with Crippen molar-refractivity contribution in [3.63, 3.8) is 0 Å². The smallest absolute Gasteiger partial charge is 0.261 e. The van der Waals surface area contributed by atoms with Gasteiger partial charge in [0, 0.05) is 30.3 Å². The summed E-state index contributed by atoms with van der Waals surface area (Å²) in [5.41, 5.74) is 1.08. The van der Waals surface area contributed by atoms with Crippen molar-refractivity contribution in [3.05, 3.63) is 29.8 Å². The van der Waals surface area contributed by atoms with Crippen molar-refractivity contribution in [1.82, 2.24) is 4.90 Å². The summed E-state index contributed by atoms with van der Waals surface area (Å²) in [6.07, 6.45) is 0. The van der Waals surface area contributed by atoms with E-state index < -0.39 is 9.05 Å². The van der Waals surface area contributed by atoms with Gasteiger partial charge in [0.1, 0.15) is 0 Å². The van der Waals surface area contributed by atoms with Gasteiger partial charge in [0.2, 0.25) is 0 Å². The van der Waals surface area contributed by atoms with Crippen LogP contribution in [0, 0.1) is 0 Å².